The van der Waals surface area contributed by atoms with E-state index in [1.54, 1.807) is 12.1 Å². The van der Waals surface area contributed by atoms with Gasteiger partial charge in [0.25, 0.3) is 0 Å². The highest BCUT2D eigenvalue weighted by atomic mass is 32.1. The number of carbonyl (C=O) groups is 3. The Morgan fingerprint density at radius 1 is 1.04 bits per heavy atom. The molecule has 150 valence electrons. The lowest BCUT2D eigenvalue weighted by Gasteiger charge is -2.22. The van der Waals surface area contributed by atoms with Gasteiger partial charge in [-0.1, -0.05) is 25.7 Å². The number of hydrogen-bond donors (Lipinski definition) is 4. The van der Waals surface area contributed by atoms with Crippen molar-refractivity contribution < 1.29 is 19.5 Å². The zero-order valence-electron chi connectivity index (χ0n) is 15.6. The molecule has 7 nitrogen and oxygen atoms in total. The molecule has 1 saturated carbocycles. The highest BCUT2D eigenvalue weighted by Crippen LogP contribution is 2.17. The number of hydrogen-bond acceptors (Lipinski definition) is 4. The van der Waals surface area contributed by atoms with Crippen molar-refractivity contribution in [2.75, 3.05) is 6.54 Å². The Kier molecular flexibility index (Phi) is 9.10. The SMILES string of the molecule is O=C(CCCCCNC(=O)NC1CCCCC1)NCc1ccc(C(=O)O)s1. The summed E-state index contributed by atoms with van der Waals surface area (Å²) in [7, 11) is 0. The molecule has 0 saturated heterocycles. The van der Waals surface area contributed by atoms with Crippen LogP contribution in [0.2, 0.25) is 0 Å². The highest BCUT2D eigenvalue weighted by molar-refractivity contribution is 7.13. The predicted molar refractivity (Wildman–Crippen MR) is 105 cm³/mol. The van der Waals surface area contributed by atoms with Gasteiger partial charge in [-0.15, -0.1) is 11.3 Å². The van der Waals surface area contributed by atoms with Gasteiger partial charge in [-0.2, -0.15) is 0 Å². The Labute approximate surface area is 163 Å². The van der Waals surface area contributed by atoms with Crippen molar-refractivity contribution in [1.82, 2.24) is 16.0 Å². The van der Waals surface area contributed by atoms with Gasteiger partial charge in [0.15, 0.2) is 0 Å². The van der Waals surface area contributed by atoms with E-state index in [0.717, 1.165) is 37.0 Å². The Morgan fingerprint density at radius 3 is 2.52 bits per heavy atom. The van der Waals surface area contributed by atoms with Crippen molar-refractivity contribution in [2.24, 2.45) is 0 Å². The number of nitrogens with one attached hydrogen (secondary N) is 3. The van der Waals surface area contributed by atoms with E-state index < -0.39 is 5.97 Å². The van der Waals surface area contributed by atoms with E-state index in [9.17, 15) is 14.4 Å². The molecule has 1 aliphatic carbocycles. The summed E-state index contributed by atoms with van der Waals surface area (Å²) in [5.41, 5.74) is 0. The van der Waals surface area contributed by atoms with E-state index >= 15 is 0 Å². The first-order chi connectivity index (χ1) is 13.0. The van der Waals surface area contributed by atoms with E-state index in [4.69, 9.17) is 5.11 Å². The normalized spacial score (nSPS) is 14.5. The molecule has 0 atom stereocenters. The average Bonchev–Trinajstić information content (AvgIpc) is 3.13. The molecule has 0 bridgehead atoms. The minimum Gasteiger partial charge on any atom is -0.477 e. The van der Waals surface area contributed by atoms with Crippen LogP contribution in [0.15, 0.2) is 12.1 Å². The Balaban J connectivity index is 1.46. The predicted octanol–water partition coefficient (Wildman–Crippen LogP) is 3.25. The van der Waals surface area contributed by atoms with E-state index in [2.05, 4.69) is 16.0 Å². The minimum absolute atomic E-state index is 0.0386. The van der Waals surface area contributed by atoms with Gasteiger partial charge >= 0.3 is 12.0 Å². The summed E-state index contributed by atoms with van der Waals surface area (Å²) in [6, 6.07) is 3.50. The third-order valence-corrected chi connectivity index (χ3v) is 5.71. The number of carboxylic acid groups (broad SMARTS) is 1. The van der Waals surface area contributed by atoms with Crippen molar-refractivity contribution in [1.29, 1.82) is 0 Å². The zero-order chi connectivity index (χ0) is 19.5. The van der Waals surface area contributed by atoms with Crippen LogP contribution in [0.25, 0.3) is 0 Å². The van der Waals surface area contributed by atoms with Gasteiger partial charge in [0.1, 0.15) is 4.88 Å². The number of carbonyl (C=O) groups excluding carboxylic acids is 2. The molecule has 8 heteroatoms. The third-order valence-electron chi connectivity index (χ3n) is 4.64. The highest BCUT2D eigenvalue weighted by Gasteiger charge is 2.15. The fourth-order valence-corrected chi connectivity index (χ4v) is 3.92. The van der Waals surface area contributed by atoms with E-state index in [1.165, 1.54) is 30.6 Å². The lowest BCUT2D eigenvalue weighted by atomic mass is 9.96. The van der Waals surface area contributed by atoms with Crippen LogP contribution in [-0.4, -0.2) is 35.6 Å². The lowest BCUT2D eigenvalue weighted by molar-refractivity contribution is -0.121. The first-order valence-corrected chi connectivity index (χ1v) is 10.5. The van der Waals surface area contributed by atoms with Crippen LogP contribution < -0.4 is 16.0 Å². The largest absolute Gasteiger partial charge is 0.477 e. The maximum Gasteiger partial charge on any atom is 0.345 e. The second kappa shape index (κ2) is 11.6. The van der Waals surface area contributed by atoms with Gasteiger partial charge in [0, 0.05) is 23.9 Å². The summed E-state index contributed by atoms with van der Waals surface area (Å²) in [6.45, 7) is 0.979. The van der Waals surface area contributed by atoms with Crippen LogP contribution in [-0.2, 0) is 11.3 Å². The maximum absolute atomic E-state index is 11.8. The molecule has 3 amide bonds. The lowest BCUT2D eigenvalue weighted by Crippen LogP contribution is -2.43. The first-order valence-electron chi connectivity index (χ1n) is 9.67. The molecular weight excluding hydrogens is 366 g/mol. The quantitative estimate of drug-likeness (QED) is 0.456. The summed E-state index contributed by atoms with van der Waals surface area (Å²) < 4.78 is 0. The molecule has 0 radical (unpaired) electrons. The number of aromatic carboxylic acids is 1. The molecule has 0 aliphatic heterocycles. The van der Waals surface area contributed by atoms with Gasteiger partial charge < -0.3 is 21.1 Å². The third kappa shape index (κ3) is 8.43. The molecule has 1 fully saturated rings. The molecule has 1 aromatic heterocycles. The van der Waals surface area contributed by atoms with Crippen molar-refractivity contribution in [3.63, 3.8) is 0 Å². The molecular formula is C19H29N3O4S. The number of urea groups is 1. The van der Waals surface area contributed by atoms with Crippen LogP contribution >= 0.6 is 11.3 Å². The standard InChI is InChI=1S/C19H29N3O4S/c23-17(21-13-15-10-11-16(27-15)18(24)25)9-5-2-6-12-20-19(26)22-14-7-3-1-4-8-14/h10-11,14H,1-9,12-13H2,(H,21,23)(H,24,25)(H2,20,22,26). The second-order valence-corrected chi connectivity index (χ2v) is 8.06. The summed E-state index contributed by atoms with van der Waals surface area (Å²) in [5, 5.41) is 17.6. The fraction of sp³-hybridized carbons (Fsp3) is 0.632. The fourth-order valence-electron chi connectivity index (χ4n) is 3.13. The van der Waals surface area contributed by atoms with Gasteiger partial charge in [-0.05, 0) is 37.8 Å². The van der Waals surface area contributed by atoms with Gasteiger partial charge in [0.2, 0.25) is 5.91 Å². The van der Waals surface area contributed by atoms with Crippen molar-refractivity contribution in [3.8, 4) is 0 Å². The van der Waals surface area contributed by atoms with Crippen LogP contribution in [0.5, 0.6) is 0 Å². The van der Waals surface area contributed by atoms with Gasteiger partial charge in [0.05, 0.1) is 6.54 Å². The Morgan fingerprint density at radius 2 is 1.81 bits per heavy atom. The number of unbranched alkanes of at least 4 members (excludes halogenated alkanes) is 2. The van der Waals surface area contributed by atoms with E-state index in [-0.39, 0.29) is 16.8 Å². The number of carboxylic acids is 1. The molecule has 1 aliphatic rings. The molecule has 4 N–H and O–H groups in total. The van der Waals surface area contributed by atoms with E-state index in [0.29, 0.717) is 25.6 Å². The van der Waals surface area contributed by atoms with Crippen molar-refractivity contribution in [2.45, 2.75) is 70.4 Å². The molecule has 1 heterocycles. The summed E-state index contributed by atoms with van der Waals surface area (Å²) in [5.74, 6) is -0.984. The van der Waals surface area contributed by atoms with Crippen LogP contribution in [0.4, 0.5) is 4.79 Å². The first kappa shape index (κ1) is 21.2. The summed E-state index contributed by atoms with van der Waals surface area (Å²) in [6.07, 6.45) is 8.73. The molecule has 27 heavy (non-hydrogen) atoms. The average molecular weight is 396 g/mol. The smallest absolute Gasteiger partial charge is 0.345 e. The number of amides is 3. The monoisotopic (exact) mass is 395 g/mol. The molecule has 0 aromatic carbocycles. The van der Waals surface area contributed by atoms with E-state index in [1.807, 2.05) is 0 Å². The van der Waals surface area contributed by atoms with Crippen molar-refractivity contribution >= 4 is 29.2 Å². The Bertz CT molecular complexity index is 626. The topological polar surface area (TPSA) is 108 Å². The van der Waals surface area contributed by atoms with Gasteiger partial charge in [-0.3, -0.25) is 4.79 Å². The molecule has 0 spiro atoms. The number of thiophene rings is 1. The van der Waals surface area contributed by atoms with Crippen LogP contribution in [0.3, 0.4) is 0 Å². The molecule has 2 rings (SSSR count). The molecule has 1 aromatic rings. The van der Waals surface area contributed by atoms with Crippen molar-refractivity contribution in [3.05, 3.63) is 21.9 Å². The summed E-state index contributed by atoms with van der Waals surface area (Å²) >= 11 is 1.17. The zero-order valence-corrected chi connectivity index (χ0v) is 16.4. The number of rotatable bonds is 10. The maximum atomic E-state index is 11.8. The van der Waals surface area contributed by atoms with Gasteiger partial charge in [-0.25, -0.2) is 9.59 Å². The Hall–Kier alpha value is -2.09. The van der Waals surface area contributed by atoms with Crippen LogP contribution in [0, 0.1) is 0 Å². The molecule has 0 unspecified atom stereocenters. The minimum atomic E-state index is -0.946. The summed E-state index contributed by atoms with van der Waals surface area (Å²) in [4.78, 5) is 35.5. The van der Waals surface area contributed by atoms with Crippen LogP contribution in [0.1, 0.15) is 72.3 Å². The second-order valence-electron chi connectivity index (χ2n) is 6.89.